The Morgan fingerprint density at radius 1 is 1.50 bits per heavy atom. The predicted molar refractivity (Wildman–Crippen MR) is 53.8 cm³/mol. The number of hydrogen-bond donors (Lipinski definition) is 3. The summed E-state index contributed by atoms with van der Waals surface area (Å²) in [6.07, 6.45) is 1.24. The van der Waals surface area contributed by atoms with Crippen molar-refractivity contribution in [2.75, 3.05) is 6.54 Å². The molecule has 0 radical (unpaired) electrons. The Hall–Kier alpha value is -0.370. The van der Waals surface area contributed by atoms with Gasteiger partial charge >= 0.3 is 6.03 Å². The van der Waals surface area contributed by atoms with Crippen molar-refractivity contribution in [3.8, 4) is 0 Å². The summed E-state index contributed by atoms with van der Waals surface area (Å²) in [4.78, 5) is 20.8. The minimum absolute atomic E-state index is 0.0633. The van der Waals surface area contributed by atoms with Crippen LogP contribution in [0.5, 0.6) is 0 Å². The fourth-order valence-corrected chi connectivity index (χ4v) is 0.958. The normalized spacial score (nSPS) is 12.2. The minimum atomic E-state index is -0.552. The molecule has 1 atom stereocenters. The van der Waals surface area contributed by atoms with Crippen LogP contribution >= 0.6 is 22.6 Å². The second-order valence-corrected chi connectivity index (χ2v) is 3.41. The second kappa shape index (κ2) is 6.18. The summed E-state index contributed by atoms with van der Waals surface area (Å²) in [6, 6.07) is -0.982. The Kier molecular flexibility index (Phi) is 5.99. The lowest BCUT2D eigenvalue weighted by Gasteiger charge is -2.05. The molecule has 12 heavy (non-hydrogen) atoms. The van der Waals surface area contributed by atoms with Gasteiger partial charge in [0, 0.05) is 29.1 Å². The van der Waals surface area contributed by atoms with Crippen LogP contribution in [0.4, 0.5) is 4.79 Å². The quantitative estimate of drug-likeness (QED) is 0.368. The van der Waals surface area contributed by atoms with E-state index in [1.807, 2.05) is 0 Å². The van der Waals surface area contributed by atoms with E-state index in [1.54, 1.807) is 22.6 Å². The molecule has 5 N–H and O–H groups in total. The molecule has 0 spiro atoms. The second-order valence-electron chi connectivity index (χ2n) is 2.34. The van der Waals surface area contributed by atoms with Crippen LogP contribution in [0.2, 0.25) is 0 Å². The van der Waals surface area contributed by atoms with Crippen LogP contribution in [0.15, 0.2) is 0 Å². The van der Waals surface area contributed by atoms with Crippen LogP contribution in [0.1, 0.15) is 12.8 Å². The molecule has 6 heteroatoms. The van der Waals surface area contributed by atoms with Gasteiger partial charge in [0.25, 0.3) is 0 Å². The summed E-state index contributed by atoms with van der Waals surface area (Å²) in [5.41, 5.74) is 10.3. The average Bonchev–Trinajstić information content (AvgIpc) is 1.97. The Balaban J connectivity index is 3.31. The molecule has 0 aliphatic rings. The lowest BCUT2D eigenvalue weighted by atomic mass is 10.2. The molecule has 0 aromatic carbocycles. The molecule has 5 nitrogen and oxygen atoms in total. The number of hydrogen-bond acceptors (Lipinski definition) is 3. The SMILES string of the molecule is NC(=O)NCCC[C@H](N)C(=O)I. The van der Waals surface area contributed by atoms with Gasteiger partial charge < -0.3 is 16.8 Å². The standard InChI is InChI=1S/C6H12IN3O2/c7-5(11)4(8)2-1-3-10-6(9)12/h4H,1-3,8H2,(H3,9,10,12)/t4-/m0/s1. The Bertz CT molecular complexity index is 174. The maximum atomic E-state index is 10.6. The van der Waals surface area contributed by atoms with Gasteiger partial charge in [-0.1, -0.05) is 0 Å². The van der Waals surface area contributed by atoms with Crippen LogP contribution in [0.25, 0.3) is 0 Å². The van der Waals surface area contributed by atoms with Crippen LogP contribution in [0, 0.1) is 0 Å². The lowest BCUT2D eigenvalue weighted by Crippen LogP contribution is -2.32. The first-order valence-corrected chi connectivity index (χ1v) is 4.60. The number of carbonyl (C=O) groups excluding carboxylic acids is 2. The van der Waals surface area contributed by atoms with Crippen molar-refractivity contribution in [3.05, 3.63) is 0 Å². The van der Waals surface area contributed by atoms with Crippen molar-refractivity contribution in [1.82, 2.24) is 5.32 Å². The third kappa shape index (κ3) is 6.35. The van der Waals surface area contributed by atoms with Crippen molar-refractivity contribution >= 4 is 32.4 Å². The highest BCUT2D eigenvalue weighted by atomic mass is 127. The summed E-state index contributed by atoms with van der Waals surface area (Å²) in [7, 11) is 0. The number of nitrogens with one attached hydrogen (secondary N) is 1. The van der Waals surface area contributed by atoms with E-state index in [9.17, 15) is 9.59 Å². The molecule has 0 aliphatic heterocycles. The monoisotopic (exact) mass is 285 g/mol. The Morgan fingerprint density at radius 2 is 2.08 bits per heavy atom. The van der Waals surface area contributed by atoms with Crippen LogP contribution in [-0.4, -0.2) is 22.4 Å². The number of primary amides is 1. The first-order chi connectivity index (χ1) is 5.54. The fourth-order valence-electron chi connectivity index (χ4n) is 0.647. The highest BCUT2D eigenvalue weighted by Gasteiger charge is 2.08. The molecule has 0 heterocycles. The van der Waals surface area contributed by atoms with Gasteiger partial charge in [0.1, 0.15) is 0 Å². The molecule has 0 aromatic rings. The van der Waals surface area contributed by atoms with Crippen molar-refractivity contribution in [1.29, 1.82) is 0 Å². The third-order valence-corrected chi connectivity index (χ3v) is 2.08. The minimum Gasteiger partial charge on any atom is -0.352 e. The molecule has 0 saturated carbocycles. The van der Waals surface area contributed by atoms with E-state index in [0.29, 0.717) is 19.4 Å². The maximum Gasteiger partial charge on any atom is 0.312 e. The van der Waals surface area contributed by atoms with E-state index in [2.05, 4.69) is 5.32 Å². The van der Waals surface area contributed by atoms with E-state index in [1.165, 1.54) is 0 Å². The number of urea groups is 1. The van der Waals surface area contributed by atoms with Crippen LogP contribution < -0.4 is 16.8 Å². The zero-order valence-electron chi connectivity index (χ0n) is 6.55. The van der Waals surface area contributed by atoms with Gasteiger partial charge in [0.2, 0.25) is 3.79 Å². The third-order valence-electron chi connectivity index (χ3n) is 1.28. The van der Waals surface area contributed by atoms with Gasteiger partial charge in [-0.15, -0.1) is 0 Å². The van der Waals surface area contributed by atoms with Crippen molar-refractivity contribution < 1.29 is 9.59 Å². The smallest absolute Gasteiger partial charge is 0.312 e. The van der Waals surface area contributed by atoms with Gasteiger partial charge in [-0.2, -0.15) is 0 Å². The molecule has 70 valence electrons. The molecular formula is C6H12IN3O2. The summed E-state index contributed by atoms with van der Waals surface area (Å²) in [5.74, 6) is 0. The summed E-state index contributed by atoms with van der Waals surface area (Å²) < 4.78 is -0.0633. The van der Waals surface area contributed by atoms with Crippen LogP contribution in [0.3, 0.4) is 0 Å². The molecule has 0 aromatic heterocycles. The molecule has 0 aliphatic carbocycles. The number of carbonyl (C=O) groups is 2. The van der Waals surface area contributed by atoms with E-state index < -0.39 is 12.1 Å². The number of halogens is 1. The van der Waals surface area contributed by atoms with Gasteiger partial charge in [0.05, 0.1) is 6.04 Å². The molecular weight excluding hydrogens is 273 g/mol. The van der Waals surface area contributed by atoms with E-state index in [-0.39, 0.29) is 3.79 Å². The van der Waals surface area contributed by atoms with Gasteiger partial charge in [-0.25, -0.2) is 4.79 Å². The topological polar surface area (TPSA) is 98.2 Å². The molecule has 0 rings (SSSR count). The molecule has 0 fully saturated rings. The van der Waals surface area contributed by atoms with E-state index in [0.717, 1.165) is 0 Å². The Labute approximate surface area is 84.4 Å². The number of amides is 2. The van der Waals surface area contributed by atoms with Gasteiger partial charge in [0.15, 0.2) is 0 Å². The average molecular weight is 285 g/mol. The molecule has 0 bridgehead atoms. The zero-order chi connectivity index (χ0) is 9.56. The maximum absolute atomic E-state index is 10.6. The molecule has 0 unspecified atom stereocenters. The highest BCUT2D eigenvalue weighted by molar-refractivity contribution is 14.1. The summed E-state index contributed by atoms with van der Waals surface area (Å²) in [5, 5.41) is 2.41. The first-order valence-electron chi connectivity index (χ1n) is 3.52. The van der Waals surface area contributed by atoms with Crippen LogP contribution in [-0.2, 0) is 4.79 Å². The van der Waals surface area contributed by atoms with Gasteiger partial charge in [-0.3, -0.25) is 4.79 Å². The first kappa shape index (κ1) is 11.6. The van der Waals surface area contributed by atoms with Crippen molar-refractivity contribution in [2.24, 2.45) is 11.5 Å². The summed E-state index contributed by atoms with van der Waals surface area (Å²) in [6.45, 7) is 0.465. The molecule has 2 amide bonds. The van der Waals surface area contributed by atoms with Gasteiger partial charge in [-0.05, 0) is 12.8 Å². The predicted octanol–water partition coefficient (Wildman–Crippen LogP) is -0.276. The number of nitrogens with two attached hydrogens (primary N) is 2. The zero-order valence-corrected chi connectivity index (χ0v) is 8.71. The van der Waals surface area contributed by atoms with Crippen molar-refractivity contribution in [3.63, 3.8) is 0 Å². The number of rotatable bonds is 5. The summed E-state index contributed by atoms with van der Waals surface area (Å²) >= 11 is 1.66. The lowest BCUT2D eigenvalue weighted by molar-refractivity contribution is -0.110. The fraction of sp³-hybridized carbons (Fsp3) is 0.667. The van der Waals surface area contributed by atoms with E-state index in [4.69, 9.17) is 11.5 Å². The highest BCUT2D eigenvalue weighted by Crippen LogP contribution is 1.99. The Morgan fingerprint density at radius 3 is 2.50 bits per heavy atom. The largest absolute Gasteiger partial charge is 0.352 e. The molecule has 0 saturated heterocycles. The van der Waals surface area contributed by atoms with Crippen molar-refractivity contribution in [2.45, 2.75) is 18.9 Å². The van der Waals surface area contributed by atoms with E-state index >= 15 is 0 Å².